The van der Waals surface area contributed by atoms with E-state index >= 15 is 0 Å². The van der Waals surface area contributed by atoms with Gasteiger partial charge in [-0.1, -0.05) is 12.1 Å². The maximum atomic E-state index is 13.1. The van der Waals surface area contributed by atoms with E-state index in [0.29, 0.717) is 11.1 Å². The Morgan fingerprint density at radius 3 is 2.22 bits per heavy atom. The van der Waals surface area contributed by atoms with E-state index in [2.05, 4.69) is 10.2 Å². The Bertz CT molecular complexity index is 800. The van der Waals surface area contributed by atoms with Crippen molar-refractivity contribution in [3.8, 4) is 0 Å². The second-order valence-electron chi connectivity index (χ2n) is 6.63. The highest BCUT2D eigenvalue weighted by molar-refractivity contribution is 5.97. The summed E-state index contributed by atoms with van der Waals surface area (Å²) in [5.41, 5.74) is 7.18. The smallest absolute Gasteiger partial charge is 0.252 e. The van der Waals surface area contributed by atoms with E-state index in [1.165, 1.54) is 24.3 Å². The van der Waals surface area contributed by atoms with Crippen molar-refractivity contribution in [1.82, 2.24) is 5.32 Å². The van der Waals surface area contributed by atoms with Crippen LogP contribution in [0.1, 0.15) is 34.8 Å². The molecule has 27 heavy (non-hydrogen) atoms. The van der Waals surface area contributed by atoms with Crippen LogP contribution in [0.15, 0.2) is 48.5 Å². The fraction of sp³-hybridized carbons (Fsp3) is 0.300. The molecule has 4 N–H and O–H groups in total. The van der Waals surface area contributed by atoms with Gasteiger partial charge in [0.2, 0.25) is 5.91 Å². The molecule has 2 amide bonds. The van der Waals surface area contributed by atoms with Crippen LogP contribution in [0, 0.1) is 5.82 Å². The SMILES string of the molecule is NC(=O)C(NC(=O)c1ccc(N2CCC(O)CC2)cc1)c1ccc(F)cc1. The summed E-state index contributed by atoms with van der Waals surface area (Å²) < 4.78 is 13.1. The molecular formula is C20H22FN3O3. The third-order valence-corrected chi connectivity index (χ3v) is 4.72. The number of amides is 2. The molecule has 2 aromatic rings. The first-order chi connectivity index (χ1) is 12.9. The average molecular weight is 371 g/mol. The number of aliphatic hydroxyl groups is 1. The summed E-state index contributed by atoms with van der Waals surface area (Å²) in [6, 6.07) is 11.2. The van der Waals surface area contributed by atoms with Crippen molar-refractivity contribution in [1.29, 1.82) is 0 Å². The molecule has 3 rings (SSSR count). The second kappa shape index (κ2) is 8.18. The molecule has 1 fully saturated rings. The molecule has 1 atom stereocenters. The zero-order valence-electron chi connectivity index (χ0n) is 14.8. The van der Waals surface area contributed by atoms with Gasteiger partial charge in [0, 0.05) is 24.3 Å². The van der Waals surface area contributed by atoms with E-state index < -0.39 is 23.7 Å². The Morgan fingerprint density at radius 1 is 1.07 bits per heavy atom. The molecule has 0 radical (unpaired) electrons. The standard InChI is InChI=1S/C20H22FN3O3/c21-15-5-1-13(2-6-15)18(19(22)26)23-20(27)14-3-7-16(8-4-14)24-11-9-17(25)10-12-24/h1-8,17-18,25H,9-12H2,(H2,22,26)(H,23,27). The van der Waals surface area contributed by atoms with Crippen LogP contribution in [0.3, 0.4) is 0 Å². The molecule has 1 heterocycles. The number of piperidine rings is 1. The van der Waals surface area contributed by atoms with E-state index in [1.54, 1.807) is 12.1 Å². The summed E-state index contributed by atoms with van der Waals surface area (Å²) >= 11 is 0. The van der Waals surface area contributed by atoms with Gasteiger partial charge in [-0.25, -0.2) is 4.39 Å². The number of nitrogens with zero attached hydrogens (tertiary/aromatic N) is 1. The van der Waals surface area contributed by atoms with Gasteiger partial charge in [-0.2, -0.15) is 0 Å². The topological polar surface area (TPSA) is 95.7 Å². The number of nitrogens with one attached hydrogen (secondary N) is 1. The molecule has 1 aliphatic rings. The Kier molecular flexibility index (Phi) is 5.71. The number of primary amides is 1. The normalized spacial score (nSPS) is 16.0. The zero-order chi connectivity index (χ0) is 19.4. The number of halogens is 1. The van der Waals surface area contributed by atoms with Gasteiger partial charge >= 0.3 is 0 Å². The molecular weight excluding hydrogens is 349 g/mol. The van der Waals surface area contributed by atoms with Crippen LogP contribution < -0.4 is 16.0 Å². The molecule has 0 spiro atoms. The Hall–Kier alpha value is -2.93. The minimum Gasteiger partial charge on any atom is -0.393 e. The number of anilines is 1. The predicted octanol–water partition coefficient (Wildman–Crippen LogP) is 1.74. The number of nitrogens with two attached hydrogens (primary N) is 1. The van der Waals surface area contributed by atoms with Crippen LogP contribution >= 0.6 is 0 Å². The van der Waals surface area contributed by atoms with E-state index in [9.17, 15) is 19.1 Å². The van der Waals surface area contributed by atoms with Gasteiger partial charge in [-0.05, 0) is 54.8 Å². The van der Waals surface area contributed by atoms with Crippen molar-refractivity contribution < 1.29 is 19.1 Å². The van der Waals surface area contributed by atoms with Crippen LogP contribution in [0.5, 0.6) is 0 Å². The molecule has 7 heteroatoms. The first-order valence-corrected chi connectivity index (χ1v) is 8.83. The molecule has 142 valence electrons. The summed E-state index contributed by atoms with van der Waals surface area (Å²) in [6.45, 7) is 1.53. The number of aliphatic hydroxyl groups excluding tert-OH is 1. The van der Waals surface area contributed by atoms with Crippen molar-refractivity contribution >= 4 is 17.5 Å². The minimum atomic E-state index is -1.04. The first kappa shape index (κ1) is 18.8. The molecule has 0 aromatic heterocycles. The highest BCUT2D eigenvalue weighted by Crippen LogP contribution is 2.21. The largest absolute Gasteiger partial charge is 0.393 e. The zero-order valence-corrected chi connectivity index (χ0v) is 14.8. The quantitative estimate of drug-likeness (QED) is 0.746. The van der Waals surface area contributed by atoms with Crippen molar-refractivity contribution in [3.05, 3.63) is 65.5 Å². The Morgan fingerprint density at radius 2 is 1.67 bits per heavy atom. The third kappa shape index (κ3) is 4.62. The third-order valence-electron chi connectivity index (χ3n) is 4.72. The number of carbonyl (C=O) groups is 2. The summed E-state index contributed by atoms with van der Waals surface area (Å²) in [4.78, 5) is 26.4. The van der Waals surface area contributed by atoms with E-state index in [0.717, 1.165) is 31.6 Å². The lowest BCUT2D eigenvalue weighted by molar-refractivity contribution is -0.120. The van der Waals surface area contributed by atoms with Crippen LogP contribution in [-0.2, 0) is 4.79 Å². The summed E-state index contributed by atoms with van der Waals surface area (Å²) in [5, 5.41) is 12.2. The number of hydrogen-bond donors (Lipinski definition) is 3. The van der Waals surface area contributed by atoms with Crippen LogP contribution in [0.25, 0.3) is 0 Å². The molecule has 6 nitrogen and oxygen atoms in total. The van der Waals surface area contributed by atoms with Gasteiger partial charge in [0.25, 0.3) is 5.91 Å². The van der Waals surface area contributed by atoms with Crippen molar-refractivity contribution in [2.75, 3.05) is 18.0 Å². The summed E-state index contributed by atoms with van der Waals surface area (Å²) in [7, 11) is 0. The molecule has 1 aliphatic heterocycles. The van der Waals surface area contributed by atoms with Gasteiger partial charge in [-0.3, -0.25) is 9.59 Å². The van der Waals surface area contributed by atoms with Crippen LogP contribution in [0.2, 0.25) is 0 Å². The lowest BCUT2D eigenvalue weighted by Gasteiger charge is -2.31. The van der Waals surface area contributed by atoms with E-state index in [1.807, 2.05) is 12.1 Å². The predicted molar refractivity (Wildman–Crippen MR) is 99.7 cm³/mol. The maximum Gasteiger partial charge on any atom is 0.252 e. The van der Waals surface area contributed by atoms with Crippen molar-refractivity contribution in [3.63, 3.8) is 0 Å². The molecule has 0 bridgehead atoms. The van der Waals surface area contributed by atoms with E-state index in [4.69, 9.17) is 5.73 Å². The molecule has 0 saturated carbocycles. The van der Waals surface area contributed by atoms with Gasteiger partial charge in [0.15, 0.2) is 0 Å². The van der Waals surface area contributed by atoms with Crippen molar-refractivity contribution in [2.45, 2.75) is 25.0 Å². The summed E-state index contributed by atoms with van der Waals surface area (Å²) in [6.07, 6.45) is 1.20. The monoisotopic (exact) mass is 371 g/mol. The number of benzene rings is 2. The Labute approximate surface area is 156 Å². The fourth-order valence-corrected chi connectivity index (χ4v) is 3.14. The average Bonchev–Trinajstić information content (AvgIpc) is 2.67. The number of carbonyl (C=O) groups excluding carboxylic acids is 2. The van der Waals surface area contributed by atoms with Gasteiger partial charge in [0.1, 0.15) is 11.9 Å². The van der Waals surface area contributed by atoms with Crippen LogP contribution in [-0.4, -0.2) is 36.1 Å². The lowest BCUT2D eigenvalue weighted by Crippen LogP contribution is -2.37. The molecule has 1 saturated heterocycles. The number of rotatable bonds is 5. The van der Waals surface area contributed by atoms with Gasteiger partial charge < -0.3 is 21.1 Å². The van der Waals surface area contributed by atoms with Gasteiger partial charge in [0.05, 0.1) is 6.10 Å². The maximum absolute atomic E-state index is 13.1. The highest BCUT2D eigenvalue weighted by atomic mass is 19.1. The van der Waals surface area contributed by atoms with Gasteiger partial charge in [-0.15, -0.1) is 0 Å². The molecule has 1 unspecified atom stereocenters. The van der Waals surface area contributed by atoms with E-state index in [-0.39, 0.29) is 6.10 Å². The molecule has 2 aromatic carbocycles. The fourth-order valence-electron chi connectivity index (χ4n) is 3.14. The first-order valence-electron chi connectivity index (χ1n) is 8.83. The molecule has 0 aliphatic carbocycles. The minimum absolute atomic E-state index is 0.247. The second-order valence-corrected chi connectivity index (χ2v) is 6.63. The lowest BCUT2D eigenvalue weighted by atomic mass is 10.0. The Balaban J connectivity index is 1.69. The number of hydrogen-bond acceptors (Lipinski definition) is 4. The highest BCUT2D eigenvalue weighted by Gasteiger charge is 2.22. The van der Waals surface area contributed by atoms with Crippen LogP contribution in [0.4, 0.5) is 10.1 Å². The summed E-state index contributed by atoms with van der Waals surface area (Å²) in [5.74, 6) is -1.60. The van der Waals surface area contributed by atoms with Crippen molar-refractivity contribution in [2.24, 2.45) is 5.73 Å².